The van der Waals surface area contributed by atoms with E-state index in [2.05, 4.69) is 11.3 Å². The molecule has 0 radical (unpaired) electrons. The Bertz CT molecular complexity index is 429. The topological polar surface area (TPSA) is 38.0 Å². The molecule has 0 saturated carbocycles. The Labute approximate surface area is 104 Å². The molecule has 0 bridgehead atoms. The van der Waals surface area contributed by atoms with Crippen LogP contribution in [0.15, 0.2) is 12.1 Å². The Kier molecular flexibility index (Phi) is 5.36. The van der Waals surface area contributed by atoms with Gasteiger partial charge in [0.15, 0.2) is 0 Å². The van der Waals surface area contributed by atoms with Gasteiger partial charge in [-0.25, -0.2) is 8.78 Å². The average Bonchev–Trinajstić information content (AvgIpc) is 2.30. The second-order valence-electron chi connectivity index (χ2n) is 3.60. The highest BCUT2D eigenvalue weighted by molar-refractivity contribution is 6.30. The minimum Gasteiger partial charge on any atom is -0.271 e. The Hall–Kier alpha value is -1.15. The molecule has 3 N–H and O–H groups in total. The van der Waals surface area contributed by atoms with Gasteiger partial charge >= 0.3 is 0 Å². The number of unbranched alkanes of at least 4 members (excludes halogenated alkanes) is 1. The summed E-state index contributed by atoms with van der Waals surface area (Å²) in [7, 11) is 0. The van der Waals surface area contributed by atoms with E-state index in [1.54, 1.807) is 0 Å². The number of hydrogen-bond donors (Lipinski definition) is 2. The second kappa shape index (κ2) is 6.55. The van der Waals surface area contributed by atoms with Gasteiger partial charge in [0.1, 0.15) is 11.6 Å². The summed E-state index contributed by atoms with van der Waals surface area (Å²) in [6, 6.07) is 1.52. The van der Waals surface area contributed by atoms with Gasteiger partial charge in [-0.1, -0.05) is 11.6 Å². The number of terminal acetylenes is 1. The molecule has 0 heterocycles. The third-order valence-electron chi connectivity index (χ3n) is 2.43. The molecule has 1 atom stereocenters. The molecule has 0 aliphatic rings. The van der Waals surface area contributed by atoms with Crippen molar-refractivity contribution >= 4 is 11.6 Å². The highest BCUT2D eigenvalue weighted by atomic mass is 35.5. The third kappa shape index (κ3) is 3.67. The van der Waals surface area contributed by atoms with Crippen LogP contribution in [0.1, 0.15) is 30.9 Å². The molecular formula is C12H13ClF2N2. The van der Waals surface area contributed by atoms with Crippen LogP contribution in [-0.4, -0.2) is 0 Å². The first kappa shape index (κ1) is 13.9. The van der Waals surface area contributed by atoms with Crippen LogP contribution in [0.25, 0.3) is 0 Å². The maximum absolute atomic E-state index is 13.6. The van der Waals surface area contributed by atoms with Gasteiger partial charge in [0.2, 0.25) is 0 Å². The number of nitrogens with two attached hydrogens (primary N) is 1. The summed E-state index contributed by atoms with van der Waals surface area (Å²) in [5.41, 5.74) is 2.61. The number of benzene rings is 1. The third-order valence-corrected chi connectivity index (χ3v) is 2.72. The van der Waals surface area contributed by atoms with Crippen LogP contribution in [0.5, 0.6) is 0 Å². The summed E-state index contributed by atoms with van der Waals surface area (Å²) in [5, 5.41) is -0.245. The monoisotopic (exact) mass is 258 g/mol. The Balaban J connectivity index is 2.88. The maximum Gasteiger partial charge on any atom is 0.142 e. The zero-order valence-corrected chi connectivity index (χ0v) is 9.90. The van der Waals surface area contributed by atoms with Gasteiger partial charge in [0.25, 0.3) is 0 Å². The molecule has 1 rings (SSSR count). The highest BCUT2D eigenvalue weighted by Gasteiger charge is 2.16. The van der Waals surface area contributed by atoms with E-state index >= 15 is 0 Å². The maximum atomic E-state index is 13.6. The predicted molar refractivity (Wildman–Crippen MR) is 64.1 cm³/mol. The molecule has 2 nitrogen and oxygen atoms in total. The van der Waals surface area contributed by atoms with Crippen molar-refractivity contribution in [1.82, 2.24) is 5.43 Å². The van der Waals surface area contributed by atoms with Gasteiger partial charge in [-0.15, -0.1) is 12.3 Å². The van der Waals surface area contributed by atoms with Crippen molar-refractivity contribution in [3.05, 3.63) is 34.4 Å². The zero-order chi connectivity index (χ0) is 12.8. The second-order valence-corrected chi connectivity index (χ2v) is 4.01. The predicted octanol–water partition coefficient (Wildman–Crippen LogP) is 2.93. The molecule has 17 heavy (non-hydrogen) atoms. The van der Waals surface area contributed by atoms with E-state index in [-0.39, 0.29) is 10.6 Å². The molecule has 0 saturated heterocycles. The van der Waals surface area contributed by atoms with Crippen molar-refractivity contribution in [1.29, 1.82) is 0 Å². The van der Waals surface area contributed by atoms with Gasteiger partial charge in [-0.2, -0.15) is 0 Å². The van der Waals surface area contributed by atoms with E-state index in [4.69, 9.17) is 23.9 Å². The summed E-state index contributed by atoms with van der Waals surface area (Å²) >= 11 is 5.47. The van der Waals surface area contributed by atoms with E-state index in [1.165, 1.54) is 0 Å². The van der Waals surface area contributed by atoms with Crippen LogP contribution >= 0.6 is 11.6 Å². The first-order valence-corrected chi connectivity index (χ1v) is 5.52. The average molecular weight is 259 g/mol. The lowest BCUT2D eigenvalue weighted by molar-refractivity contribution is 0.470. The zero-order valence-electron chi connectivity index (χ0n) is 9.14. The summed E-state index contributed by atoms with van der Waals surface area (Å²) in [6.07, 6.45) is 6.88. The number of hydrogen-bond acceptors (Lipinski definition) is 2. The molecular weight excluding hydrogens is 246 g/mol. The fourth-order valence-electron chi connectivity index (χ4n) is 1.54. The van der Waals surface area contributed by atoms with Crippen LogP contribution in [0.2, 0.25) is 5.02 Å². The van der Waals surface area contributed by atoms with Crippen LogP contribution < -0.4 is 11.3 Å². The van der Waals surface area contributed by atoms with Gasteiger partial charge in [-0.3, -0.25) is 11.3 Å². The molecule has 0 aromatic heterocycles. The molecule has 0 aliphatic heterocycles. The minimum absolute atomic E-state index is 0.159. The molecule has 1 aromatic carbocycles. The summed E-state index contributed by atoms with van der Waals surface area (Å²) in [5.74, 6) is 6.55. The van der Waals surface area contributed by atoms with Gasteiger partial charge in [-0.05, 0) is 25.0 Å². The number of nitrogens with one attached hydrogen (secondary N) is 1. The molecule has 0 spiro atoms. The normalized spacial score (nSPS) is 12.2. The first-order chi connectivity index (χ1) is 8.10. The summed E-state index contributed by atoms with van der Waals surface area (Å²) in [6.45, 7) is 0. The molecule has 0 fully saturated rings. The fraction of sp³-hybridized carbons (Fsp3) is 0.333. The molecule has 1 unspecified atom stereocenters. The van der Waals surface area contributed by atoms with E-state index in [0.29, 0.717) is 19.3 Å². The Morgan fingerprint density at radius 3 is 2.71 bits per heavy atom. The van der Waals surface area contributed by atoms with E-state index in [1.807, 2.05) is 0 Å². The van der Waals surface area contributed by atoms with Crippen molar-refractivity contribution in [2.24, 2.45) is 5.84 Å². The lowest BCUT2D eigenvalue weighted by Gasteiger charge is -2.16. The summed E-state index contributed by atoms with van der Waals surface area (Å²) in [4.78, 5) is 0. The van der Waals surface area contributed by atoms with Crippen LogP contribution in [0, 0.1) is 24.0 Å². The quantitative estimate of drug-likeness (QED) is 0.280. The fourth-order valence-corrected chi connectivity index (χ4v) is 1.69. The van der Waals surface area contributed by atoms with Crippen LogP contribution in [-0.2, 0) is 0 Å². The van der Waals surface area contributed by atoms with Gasteiger partial charge in [0, 0.05) is 18.0 Å². The smallest absolute Gasteiger partial charge is 0.142 e. The van der Waals surface area contributed by atoms with Crippen molar-refractivity contribution in [2.45, 2.75) is 25.3 Å². The lowest BCUT2D eigenvalue weighted by Crippen LogP contribution is -2.28. The van der Waals surface area contributed by atoms with E-state index in [0.717, 1.165) is 12.1 Å². The largest absolute Gasteiger partial charge is 0.271 e. The van der Waals surface area contributed by atoms with Crippen molar-refractivity contribution in [2.75, 3.05) is 0 Å². The summed E-state index contributed by atoms with van der Waals surface area (Å²) < 4.78 is 26.8. The number of halogens is 3. The van der Waals surface area contributed by atoms with Crippen molar-refractivity contribution in [3.8, 4) is 12.3 Å². The van der Waals surface area contributed by atoms with Crippen molar-refractivity contribution < 1.29 is 8.78 Å². The number of hydrazine groups is 1. The van der Waals surface area contributed by atoms with E-state index in [9.17, 15) is 8.78 Å². The molecule has 5 heteroatoms. The lowest BCUT2D eigenvalue weighted by atomic mass is 10.0. The van der Waals surface area contributed by atoms with Crippen molar-refractivity contribution in [3.63, 3.8) is 0 Å². The van der Waals surface area contributed by atoms with Gasteiger partial charge in [0.05, 0.1) is 5.02 Å². The SMILES string of the molecule is C#CCCCC(NN)c1cc(F)c(Cl)cc1F. The molecule has 1 aromatic rings. The standard InChI is InChI=1S/C12H13ClF2N2/c1-2-3-4-5-12(17-16)8-6-11(15)9(13)7-10(8)14/h1,6-7,12,17H,3-5,16H2. The minimum atomic E-state index is -0.666. The number of rotatable bonds is 5. The first-order valence-electron chi connectivity index (χ1n) is 5.14. The highest BCUT2D eigenvalue weighted by Crippen LogP contribution is 2.26. The molecule has 0 aliphatic carbocycles. The van der Waals surface area contributed by atoms with Crippen LogP contribution in [0.3, 0.4) is 0 Å². The molecule has 0 amide bonds. The van der Waals surface area contributed by atoms with Crippen LogP contribution in [0.4, 0.5) is 8.78 Å². The van der Waals surface area contributed by atoms with Gasteiger partial charge < -0.3 is 0 Å². The van der Waals surface area contributed by atoms with E-state index < -0.39 is 17.7 Å². The Morgan fingerprint density at radius 2 is 2.12 bits per heavy atom. The molecule has 92 valence electrons. The Morgan fingerprint density at radius 1 is 1.41 bits per heavy atom.